The van der Waals surface area contributed by atoms with Crippen LogP contribution in [0.15, 0.2) is 139 Å². The zero-order valence-corrected chi connectivity index (χ0v) is 22.8. The zero-order valence-electron chi connectivity index (χ0n) is 22.8. The summed E-state index contributed by atoms with van der Waals surface area (Å²) in [6.07, 6.45) is 13.3. The Bertz CT molecular complexity index is 2030. The lowest BCUT2D eigenvalue weighted by Crippen LogP contribution is -1.95. The van der Waals surface area contributed by atoms with E-state index in [2.05, 4.69) is 114 Å². The summed E-state index contributed by atoms with van der Waals surface area (Å²) < 4.78 is 0. The second-order valence-electron chi connectivity index (χ2n) is 10.2. The van der Waals surface area contributed by atoms with E-state index in [4.69, 9.17) is 0 Å². The van der Waals surface area contributed by atoms with Crippen LogP contribution in [-0.4, -0.2) is 16.7 Å². The van der Waals surface area contributed by atoms with Gasteiger partial charge in [0.1, 0.15) is 0 Å². The summed E-state index contributed by atoms with van der Waals surface area (Å²) >= 11 is 0. The molecule has 2 aromatic heterocycles. The van der Waals surface area contributed by atoms with Gasteiger partial charge < -0.3 is 0 Å². The maximum atomic E-state index is 4.47. The quantitative estimate of drug-likeness (QED) is 0.123. The summed E-state index contributed by atoms with van der Waals surface area (Å²) in [4.78, 5) is 12.8. The average Bonchev–Trinajstić information content (AvgIpc) is 3.04. The first kappa shape index (κ1) is 24.6. The molecule has 41 heavy (non-hydrogen) atoms. The van der Waals surface area contributed by atoms with Crippen molar-refractivity contribution in [1.82, 2.24) is 9.97 Å². The number of rotatable bonds is 6. The van der Waals surface area contributed by atoms with Gasteiger partial charge >= 0.3 is 0 Å². The van der Waals surface area contributed by atoms with Gasteiger partial charge in [-0.15, -0.1) is 0 Å². The molecule has 0 spiro atoms. The fourth-order valence-electron chi connectivity index (χ4n) is 6.04. The fraction of sp³-hybridized carbons (Fsp3) is 0.0263. The number of benzene rings is 5. The van der Waals surface area contributed by atoms with E-state index in [1.807, 2.05) is 43.0 Å². The van der Waals surface area contributed by atoms with Gasteiger partial charge in [-0.25, -0.2) is 0 Å². The summed E-state index contributed by atoms with van der Waals surface area (Å²) in [7, 11) is 0. The minimum Gasteiger partial charge on any atom is -0.273 e. The molecule has 7 rings (SSSR count). The van der Waals surface area contributed by atoms with E-state index in [0.717, 1.165) is 16.7 Å². The molecule has 0 aliphatic carbocycles. The SMILES string of the molecule is C=N/C=C\C=C(/C)c1cc(-c2cccnc2)c2ccc3c(-c4cccnc4)cc(-c4ccccc4)c4ccc1c2c43. The van der Waals surface area contributed by atoms with Crippen LogP contribution in [0.1, 0.15) is 12.5 Å². The predicted molar refractivity (Wildman–Crippen MR) is 174 cm³/mol. The number of hydrogen-bond acceptors (Lipinski definition) is 3. The van der Waals surface area contributed by atoms with Crippen LogP contribution in [0.2, 0.25) is 0 Å². The van der Waals surface area contributed by atoms with Gasteiger partial charge in [0.05, 0.1) is 0 Å². The van der Waals surface area contributed by atoms with Crippen molar-refractivity contribution in [1.29, 1.82) is 0 Å². The lowest BCUT2D eigenvalue weighted by Gasteiger charge is -2.21. The Morgan fingerprint density at radius 3 is 1.76 bits per heavy atom. The van der Waals surface area contributed by atoms with E-state index in [9.17, 15) is 0 Å². The lowest BCUT2D eigenvalue weighted by atomic mass is 9.82. The standard InChI is InChI=1S/C38H27N3/c1-25(9-6-18-39-2)33-21-35(27-12-7-19-40-23-27)31-16-17-32-36(28-13-8-20-41-24-28)22-34(26-10-4-3-5-11-26)30-15-14-29(33)37(31)38(30)32/h3-24H,2H2,1H3/b18-6-,25-9+. The summed E-state index contributed by atoms with van der Waals surface area (Å²) in [6.45, 7) is 5.73. The molecule has 7 aromatic rings. The monoisotopic (exact) mass is 525 g/mol. The highest BCUT2D eigenvalue weighted by Crippen LogP contribution is 2.47. The molecule has 5 aromatic carbocycles. The van der Waals surface area contributed by atoms with Gasteiger partial charge in [-0.3, -0.25) is 15.0 Å². The molecule has 0 aliphatic heterocycles. The molecule has 0 saturated carbocycles. The topological polar surface area (TPSA) is 38.1 Å². The molecule has 0 radical (unpaired) electrons. The molecule has 0 aliphatic rings. The van der Waals surface area contributed by atoms with Crippen LogP contribution in [-0.2, 0) is 0 Å². The second-order valence-corrected chi connectivity index (χ2v) is 10.2. The molecule has 3 heteroatoms. The van der Waals surface area contributed by atoms with Crippen molar-refractivity contribution in [3.63, 3.8) is 0 Å². The molecule has 0 fully saturated rings. The van der Waals surface area contributed by atoms with Gasteiger partial charge in [-0.1, -0.05) is 72.8 Å². The van der Waals surface area contributed by atoms with Crippen molar-refractivity contribution in [2.75, 3.05) is 0 Å². The van der Waals surface area contributed by atoms with Crippen LogP contribution < -0.4 is 0 Å². The van der Waals surface area contributed by atoms with E-state index in [1.165, 1.54) is 60.1 Å². The minimum atomic E-state index is 1.10. The van der Waals surface area contributed by atoms with Crippen LogP contribution >= 0.6 is 0 Å². The molecule has 0 bridgehead atoms. The smallest absolute Gasteiger partial charge is 0.0346 e. The number of aliphatic imine (C=N–C) groups is 1. The van der Waals surface area contributed by atoms with E-state index in [0.29, 0.717) is 0 Å². The first-order valence-corrected chi connectivity index (χ1v) is 13.7. The first-order chi connectivity index (χ1) is 20.2. The van der Waals surface area contributed by atoms with E-state index in [-0.39, 0.29) is 0 Å². The highest BCUT2D eigenvalue weighted by Gasteiger charge is 2.20. The van der Waals surface area contributed by atoms with Crippen LogP contribution in [0.25, 0.3) is 71.3 Å². The Kier molecular flexibility index (Phi) is 6.18. The Morgan fingerprint density at radius 1 is 0.634 bits per heavy atom. The van der Waals surface area contributed by atoms with Gasteiger partial charge in [-0.05, 0) is 110 Å². The highest BCUT2D eigenvalue weighted by atomic mass is 14.6. The molecule has 0 amide bonds. The van der Waals surface area contributed by atoms with Gasteiger partial charge in [0.15, 0.2) is 0 Å². The average molecular weight is 526 g/mol. The second kappa shape index (κ2) is 10.3. The van der Waals surface area contributed by atoms with Crippen LogP contribution in [0.3, 0.4) is 0 Å². The molecule has 0 saturated heterocycles. The van der Waals surface area contributed by atoms with Crippen LogP contribution in [0.4, 0.5) is 0 Å². The Labute approximate surface area is 239 Å². The van der Waals surface area contributed by atoms with Gasteiger partial charge in [-0.2, -0.15) is 0 Å². The lowest BCUT2D eigenvalue weighted by molar-refractivity contribution is 1.33. The minimum absolute atomic E-state index is 1.10. The normalized spacial score (nSPS) is 12.2. The Balaban J connectivity index is 1.68. The zero-order chi connectivity index (χ0) is 27.8. The number of nitrogens with zero attached hydrogens (tertiary/aromatic N) is 3. The number of aromatic nitrogens is 2. The largest absolute Gasteiger partial charge is 0.273 e. The number of hydrogen-bond donors (Lipinski definition) is 0. The van der Waals surface area contributed by atoms with Crippen molar-refractivity contribution < 1.29 is 0 Å². The van der Waals surface area contributed by atoms with Crippen LogP contribution in [0, 0.1) is 0 Å². The molecule has 0 atom stereocenters. The van der Waals surface area contributed by atoms with Crippen molar-refractivity contribution in [2.24, 2.45) is 4.99 Å². The highest BCUT2D eigenvalue weighted by molar-refractivity contribution is 6.31. The van der Waals surface area contributed by atoms with Gasteiger partial charge in [0, 0.05) is 42.1 Å². The first-order valence-electron chi connectivity index (χ1n) is 13.7. The van der Waals surface area contributed by atoms with Crippen molar-refractivity contribution >= 4 is 44.6 Å². The van der Waals surface area contributed by atoms with E-state index >= 15 is 0 Å². The van der Waals surface area contributed by atoms with Crippen molar-refractivity contribution in [3.8, 4) is 33.4 Å². The Morgan fingerprint density at radius 2 is 1.17 bits per heavy atom. The van der Waals surface area contributed by atoms with Gasteiger partial charge in [0.25, 0.3) is 0 Å². The molecular weight excluding hydrogens is 498 g/mol. The van der Waals surface area contributed by atoms with Crippen LogP contribution in [0.5, 0.6) is 0 Å². The maximum Gasteiger partial charge on any atom is 0.0346 e. The summed E-state index contributed by atoms with van der Waals surface area (Å²) in [5.74, 6) is 0. The molecule has 0 unspecified atom stereocenters. The number of allylic oxidation sites excluding steroid dienone is 3. The third-order valence-electron chi connectivity index (χ3n) is 7.89. The van der Waals surface area contributed by atoms with E-state index in [1.54, 1.807) is 6.20 Å². The third-order valence-corrected chi connectivity index (χ3v) is 7.89. The van der Waals surface area contributed by atoms with Crippen molar-refractivity contribution in [2.45, 2.75) is 6.92 Å². The summed E-state index contributed by atoms with van der Waals surface area (Å²) in [6, 6.07) is 32.7. The van der Waals surface area contributed by atoms with E-state index < -0.39 is 0 Å². The predicted octanol–water partition coefficient (Wildman–Crippen LogP) is 9.99. The molecule has 2 heterocycles. The number of pyridine rings is 2. The van der Waals surface area contributed by atoms with Crippen molar-refractivity contribution in [3.05, 3.63) is 140 Å². The molecule has 0 N–H and O–H groups in total. The molecule has 194 valence electrons. The maximum absolute atomic E-state index is 4.47. The van der Waals surface area contributed by atoms with Gasteiger partial charge in [0.2, 0.25) is 0 Å². The summed E-state index contributed by atoms with van der Waals surface area (Å²) in [5, 5.41) is 7.43. The molecular formula is C38H27N3. The Hall–Kier alpha value is -5.41. The molecule has 3 nitrogen and oxygen atoms in total. The summed E-state index contributed by atoms with van der Waals surface area (Å²) in [5.41, 5.74) is 9.30. The third kappa shape index (κ3) is 4.19. The fourth-order valence-corrected chi connectivity index (χ4v) is 6.04.